The number of ketones is 2. The first-order chi connectivity index (χ1) is 16.9. The SMILES string of the molecule is COc1ccccc1[C@H]1OC2(C(=O)c3ccccc3C2=O)[C@@H]2C(=O)N(c3ccccc3C)C(=O)[C@@H]12. The van der Waals surface area contributed by atoms with E-state index in [2.05, 4.69) is 0 Å². The summed E-state index contributed by atoms with van der Waals surface area (Å²) in [6.45, 7) is 1.80. The second-order valence-corrected chi connectivity index (χ2v) is 9.02. The summed E-state index contributed by atoms with van der Waals surface area (Å²) in [6, 6.07) is 20.4. The molecule has 174 valence electrons. The Morgan fingerprint density at radius 2 is 1.40 bits per heavy atom. The van der Waals surface area contributed by atoms with Gasteiger partial charge in [0.25, 0.3) is 0 Å². The van der Waals surface area contributed by atoms with Crippen LogP contribution < -0.4 is 9.64 Å². The van der Waals surface area contributed by atoms with E-state index in [0.29, 0.717) is 17.0 Å². The molecule has 3 atom stereocenters. The van der Waals surface area contributed by atoms with Gasteiger partial charge < -0.3 is 9.47 Å². The molecule has 0 aromatic heterocycles. The van der Waals surface area contributed by atoms with E-state index in [1.807, 2.05) is 6.07 Å². The van der Waals surface area contributed by atoms with E-state index < -0.39 is 46.9 Å². The number of Topliss-reactive ketones (excluding diaryl/α,β-unsaturated/α-hetero) is 2. The molecule has 7 nitrogen and oxygen atoms in total. The van der Waals surface area contributed by atoms with E-state index in [0.717, 1.165) is 10.5 Å². The first-order valence-electron chi connectivity index (χ1n) is 11.3. The van der Waals surface area contributed by atoms with Gasteiger partial charge in [0.2, 0.25) is 29.0 Å². The molecule has 3 aromatic carbocycles. The zero-order valence-corrected chi connectivity index (χ0v) is 19.1. The number of hydrogen-bond acceptors (Lipinski definition) is 6. The maximum absolute atomic E-state index is 14.0. The van der Waals surface area contributed by atoms with E-state index >= 15 is 0 Å². The molecule has 2 aliphatic heterocycles. The minimum Gasteiger partial charge on any atom is -0.496 e. The first kappa shape index (κ1) is 21.4. The molecule has 1 spiro atoms. The van der Waals surface area contributed by atoms with Crippen molar-refractivity contribution in [2.24, 2.45) is 11.8 Å². The van der Waals surface area contributed by atoms with Crippen LogP contribution in [0, 0.1) is 18.8 Å². The molecule has 0 N–H and O–H groups in total. The normalized spacial score (nSPS) is 24.3. The van der Waals surface area contributed by atoms with E-state index in [1.54, 1.807) is 73.7 Å². The van der Waals surface area contributed by atoms with E-state index in [9.17, 15) is 19.2 Å². The van der Waals surface area contributed by atoms with Gasteiger partial charge in [-0.3, -0.25) is 19.2 Å². The van der Waals surface area contributed by atoms with Crippen molar-refractivity contribution in [1.29, 1.82) is 0 Å². The summed E-state index contributed by atoms with van der Waals surface area (Å²) in [7, 11) is 1.49. The van der Waals surface area contributed by atoms with Crippen LogP contribution in [0.4, 0.5) is 5.69 Å². The number of carbonyl (C=O) groups excluding carboxylic acids is 4. The van der Waals surface area contributed by atoms with Gasteiger partial charge in [-0.1, -0.05) is 60.7 Å². The molecule has 0 radical (unpaired) electrons. The number of ether oxygens (including phenoxy) is 2. The van der Waals surface area contributed by atoms with Gasteiger partial charge in [0.05, 0.1) is 24.6 Å². The Labute approximate surface area is 201 Å². The Kier molecular flexibility index (Phi) is 4.56. The number of aryl methyl sites for hydroxylation is 1. The van der Waals surface area contributed by atoms with E-state index in [-0.39, 0.29) is 11.1 Å². The lowest BCUT2D eigenvalue weighted by atomic mass is 9.77. The average molecular weight is 467 g/mol. The molecule has 0 unspecified atom stereocenters. The molecular weight excluding hydrogens is 446 g/mol. The third-order valence-electron chi connectivity index (χ3n) is 7.32. The lowest BCUT2D eigenvalue weighted by Crippen LogP contribution is -2.51. The maximum Gasteiger partial charge on any atom is 0.241 e. The average Bonchev–Trinajstić information content (AvgIpc) is 3.44. The smallest absolute Gasteiger partial charge is 0.241 e. The summed E-state index contributed by atoms with van der Waals surface area (Å²) in [5, 5.41) is 0. The predicted octanol–water partition coefficient (Wildman–Crippen LogP) is 3.70. The first-order valence-corrected chi connectivity index (χ1v) is 11.3. The van der Waals surface area contributed by atoms with E-state index in [1.165, 1.54) is 7.11 Å². The van der Waals surface area contributed by atoms with Gasteiger partial charge in [-0.25, -0.2) is 4.90 Å². The Bertz CT molecular complexity index is 1410. The molecule has 3 aliphatic rings. The van der Waals surface area contributed by atoms with Crippen LogP contribution in [0.25, 0.3) is 0 Å². The van der Waals surface area contributed by atoms with Crippen LogP contribution in [-0.4, -0.2) is 36.1 Å². The van der Waals surface area contributed by atoms with Crippen LogP contribution in [0.3, 0.4) is 0 Å². The van der Waals surface area contributed by atoms with Gasteiger partial charge in [-0.2, -0.15) is 0 Å². The molecule has 1 aliphatic carbocycles. The lowest BCUT2D eigenvalue weighted by molar-refractivity contribution is -0.127. The number of methoxy groups -OCH3 is 1. The van der Waals surface area contributed by atoms with Crippen LogP contribution in [0.15, 0.2) is 72.8 Å². The van der Waals surface area contributed by atoms with Gasteiger partial charge in [-0.05, 0) is 24.6 Å². The third kappa shape index (κ3) is 2.64. The molecule has 0 bridgehead atoms. The van der Waals surface area contributed by atoms with Crippen LogP contribution in [0.1, 0.15) is 37.9 Å². The van der Waals surface area contributed by atoms with Crippen molar-refractivity contribution in [2.45, 2.75) is 18.6 Å². The lowest BCUT2D eigenvalue weighted by Gasteiger charge is -2.28. The Morgan fingerprint density at radius 3 is 2.06 bits per heavy atom. The number of fused-ring (bicyclic) bond motifs is 3. The fraction of sp³-hybridized carbons (Fsp3) is 0.214. The summed E-state index contributed by atoms with van der Waals surface area (Å²) in [6.07, 6.45) is -1.02. The quantitative estimate of drug-likeness (QED) is 0.431. The van der Waals surface area contributed by atoms with Crippen molar-refractivity contribution in [1.82, 2.24) is 0 Å². The fourth-order valence-corrected chi connectivity index (χ4v) is 5.75. The van der Waals surface area contributed by atoms with Gasteiger partial charge in [-0.15, -0.1) is 0 Å². The largest absolute Gasteiger partial charge is 0.496 e. The summed E-state index contributed by atoms with van der Waals surface area (Å²) in [4.78, 5) is 56.6. The summed E-state index contributed by atoms with van der Waals surface area (Å²) in [5.41, 5.74) is -0.0415. The Balaban J connectivity index is 1.58. The number of nitrogens with zero attached hydrogens (tertiary/aromatic N) is 1. The number of rotatable bonds is 3. The second kappa shape index (κ2) is 7.45. The van der Waals surface area contributed by atoms with Crippen molar-refractivity contribution >= 4 is 29.1 Å². The van der Waals surface area contributed by atoms with Crippen molar-refractivity contribution in [3.8, 4) is 5.75 Å². The van der Waals surface area contributed by atoms with Crippen LogP contribution in [0.2, 0.25) is 0 Å². The number of para-hydroxylation sites is 2. The standard InChI is InChI=1S/C28H21NO6/c1-15-9-3-7-13-19(15)29-26(32)21-22(27(29)33)28(24(30)16-10-4-5-11-17(16)25(28)31)35-23(21)18-12-6-8-14-20(18)34-2/h3-14,21-23H,1-2H3/t21-,22+,23-/m1/s1. The summed E-state index contributed by atoms with van der Waals surface area (Å²) < 4.78 is 11.8. The Morgan fingerprint density at radius 1 is 0.800 bits per heavy atom. The highest BCUT2D eigenvalue weighted by atomic mass is 16.5. The van der Waals surface area contributed by atoms with Gasteiger partial charge in [0.1, 0.15) is 11.9 Å². The monoisotopic (exact) mass is 467 g/mol. The molecule has 0 saturated carbocycles. The number of anilines is 1. The molecule has 7 heteroatoms. The number of hydrogen-bond donors (Lipinski definition) is 0. The second-order valence-electron chi connectivity index (χ2n) is 9.02. The molecule has 2 saturated heterocycles. The highest BCUT2D eigenvalue weighted by Gasteiger charge is 2.75. The molecule has 2 amide bonds. The number of amides is 2. The topological polar surface area (TPSA) is 90.0 Å². The summed E-state index contributed by atoms with van der Waals surface area (Å²) in [5.74, 6) is -4.20. The van der Waals surface area contributed by atoms with Crippen molar-refractivity contribution in [2.75, 3.05) is 12.0 Å². The van der Waals surface area contributed by atoms with Crippen molar-refractivity contribution in [3.63, 3.8) is 0 Å². The Hall–Kier alpha value is -4.10. The highest BCUT2D eigenvalue weighted by Crippen LogP contribution is 2.58. The zero-order valence-electron chi connectivity index (χ0n) is 19.1. The van der Waals surface area contributed by atoms with Crippen LogP contribution in [0.5, 0.6) is 5.75 Å². The third-order valence-corrected chi connectivity index (χ3v) is 7.32. The fourth-order valence-electron chi connectivity index (χ4n) is 5.75. The number of carbonyl (C=O) groups is 4. The highest BCUT2D eigenvalue weighted by molar-refractivity contribution is 6.37. The van der Waals surface area contributed by atoms with Crippen molar-refractivity contribution < 1.29 is 28.7 Å². The van der Waals surface area contributed by atoms with Crippen molar-refractivity contribution in [3.05, 3.63) is 95.1 Å². The number of benzene rings is 3. The van der Waals surface area contributed by atoms with Gasteiger partial charge in [0.15, 0.2) is 0 Å². The molecule has 6 rings (SSSR count). The van der Waals surface area contributed by atoms with Gasteiger partial charge in [0, 0.05) is 16.7 Å². The maximum atomic E-state index is 14.0. The number of imide groups is 1. The predicted molar refractivity (Wildman–Crippen MR) is 125 cm³/mol. The van der Waals surface area contributed by atoms with E-state index in [4.69, 9.17) is 9.47 Å². The van der Waals surface area contributed by atoms with Crippen LogP contribution >= 0.6 is 0 Å². The molecule has 3 aromatic rings. The van der Waals surface area contributed by atoms with Gasteiger partial charge >= 0.3 is 0 Å². The minimum atomic E-state index is -2.11. The summed E-state index contributed by atoms with van der Waals surface area (Å²) >= 11 is 0. The molecule has 2 heterocycles. The van der Waals surface area contributed by atoms with Crippen LogP contribution in [-0.2, 0) is 14.3 Å². The zero-order chi connectivity index (χ0) is 24.5. The molecule has 2 fully saturated rings. The minimum absolute atomic E-state index is 0.200. The molecule has 35 heavy (non-hydrogen) atoms. The molecular formula is C28H21NO6.